The molecule has 2 aromatic carbocycles. The van der Waals surface area contributed by atoms with E-state index in [-0.39, 0.29) is 17.5 Å². The lowest BCUT2D eigenvalue weighted by Crippen LogP contribution is -2.38. The van der Waals surface area contributed by atoms with E-state index >= 15 is 0 Å². The number of rotatable bonds is 12. The van der Waals surface area contributed by atoms with Crippen LogP contribution in [0.5, 0.6) is 5.88 Å². The molecule has 242 valence electrons. The van der Waals surface area contributed by atoms with Crippen LogP contribution < -0.4 is 4.74 Å². The molecule has 0 spiro atoms. The first kappa shape index (κ1) is 31.8. The average Bonchev–Trinajstić information content (AvgIpc) is 3.52. The number of ether oxygens (including phenoxy) is 2. The minimum absolute atomic E-state index is 0.169. The van der Waals surface area contributed by atoms with E-state index in [1.165, 1.54) is 24.3 Å². The van der Waals surface area contributed by atoms with Crippen molar-refractivity contribution in [1.82, 2.24) is 24.8 Å². The second-order valence-corrected chi connectivity index (χ2v) is 12.4. The second kappa shape index (κ2) is 15.4. The summed E-state index contributed by atoms with van der Waals surface area (Å²) < 4.78 is 38.5. The maximum Gasteiger partial charge on any atom is 0.222 e. The van der Waals surface area contributed by atoms with Gasteiger partial charge in [0.25, 0.3) is 0 Å². The quantitative estimate of drug-likeness (QED) is 0.185. The minimum Gasteiger partial charge on any atom is -0.477 e. The molecule has 6 rings (SSSR count). The number of H-pyrrole nitrogens is 1. The molecule has 0 saturated carbocycles. The van der Waals surface area contributed by atoms with Crippen molar-refractivity contribution < 1.29 is 23.0 Å². The summed E-state index contributed by atoms with van der Waals surface area (Å²) in [6.45, 7) is 3.82. The van der Waals surface area contributed by atoms with Gasteiger partial charge in [0.2, 0.25) is 11.8 Å². The molecule has 10 heteroatoms. The molecule has 2 aromatic heterocycles. The molecule has 0 unspecified atom stereocenters. The summed E-state index contributed by atoms with van der Waals surface area (Å²) in [7, 11) is 0. The maximum absolute atomic E-state index is 13.6. The molecule has 1 amide bonds. The van der Waals surface area contributed by atoms with Gasteiger partial charge in [-0.2, -0.15) is 0 Å². The summed E-state index contributed by atoms with van der Waals surface area (Å²) in [5, 5.41) is 0. The fraction of sp³-hybridized carbons (Fsp3) is 0.444. The smallest absolute Gasteiger partial charge is 0.222 e. The van der Waals surface area contributed by atoms with E-state index in [1.807, 2.05) is 11.0 Å². The Labute approximate surface area is 268 Å². The molecule has 4 aromatic rings. The predicted molar refractivity (Wildman–Crippen MR) is 171 cm³/mol. The Morgan fingerprint density at radius 3 is 2.30 bits per heavy atom. The number of imidazole rings is 1. The number of aryl methyl sites for hydroxylation is 2. The largest absolute Gasteiger partial charge is 0.477 e. The Bertz CT molecular complexity index is 1560. The highest BCUT2D eigenvalue weighted by atomic mass is 19.1. The first-order chi connectivity index (χ1) is 22.5. The molecule has 0 radical (unpaired) electrons. The van der Waals surface area contributed by atoms with Gasteiger partial charge in [-0.1, -0.05) is 0 Å². The van der Waals surface area contributed by atoms with Gasteiger partial charge in [0.05, 0.1) is 12.3 Å². The van der Waals surface area contributed by atoms with Crippen molar-refractivity contribution in [2.75, 3.05) is 32.9 Å². The normalized spacial score (nSPS) is 16.1. The lowest BCUT2D eigenvalue weighted by Gasteiger charge is -2.32. The van der Waals surface area contributed by atoms with Gasteiger partial charge in [-0.15, -0.1) is 0 Å². The van der Waals surface area contributed by atoms with Crippen molar-refractivity contribution in [3.63, 3.8) is 0 Å². The highest BCUT2D eigenvalue weighted by molar-refractivity contribution is 5.76. The second-order valence-electron chi connectivity index (χ2n) is 12.4. The standard InChI is InChI=1S/C36H41F2N5O3/c37-29-9-5-27(6-10-29)35-32(41-36(42-35)28-7-11-30(38)12-8-28)2-1-3-34(44)43-18-14-25(15-19-43)4-13-31-22-33(40-24-39-31)46-23-26-16-20-45-21-17-26/h5-12,22,24-26H,1-4,13-21,23H2,(H,41,42). The Morgan fingerprint density at radius 2 is 1.59 bits per heavy atom. The van der Waals surface area contributed by atoms with E-state index in [0.717, 1.165) is 87.3 Å². The van der Waals surface area contributed by atoms with Gasteiger partial charge in [0.15, 0.2) is 0 Å². The van der Waals surface area contributed by atoms with Gasteiger partial charge >= 0.3 is 0 Å². The van der Waals surface area contributed by atoms with Gasteiger partial charge in [0.1, 0.15) is 23.8 Å². The topological polar surface area (TPSA) is 93.2 Å². The number of carbonyl (C=O) groups is 1. The van der Waals surface area contributed by atoms with Crippen LogP contribution in [0.3, 0.4) is 0 Å². The SMILES string of the molecule is O=C(CCCc1[nH]c(-c2ccc(F)cc2)nc1-c1ccc(F)cc1)N1CCC(CCc2cc(OCC3CCOCC3)ncn2)CC1. The van der Waals surface area contributed by atoms with Crippen molar-refractivity contribution in [2.24, 2.45) is 11.8 Å². The van der Waals surface area contributed by atoms with Crippen LogP contribution in [0.1, 0.15) is 56.3 Å². The van der Waals surface area contributed by atoms with Crippen LogP contribution in [-0.4, -0.2) is 63.7 Å². The fourth-order valence-electron chi connectivity index (χ4n) is 6.29. The van der Waals surface area contributed by atoms with Crippen LogP contribution >= 0.6 is 0 Å². The Morgan fingerprint density at radius 1 is 0.891 bits per heavy atom. The summed E-state index contributed by atoms with van der Waals surface area (Å²) in [6, 6.07) is 14.3. The summed E-state index contributed by atoms with van der Waals surface area (Å²) >= 11 is 0. The monoisotopic (exact) mass is 629 g/mol. The van der Waals surface area contributed by atoms with Crippen molar-refractivity contribution in [1.29, 1.82) is 0 Å². The molecule has 0 atom stereocenters. The minimum atomic E-state index is -0.316. The molecule has 2 aliphatic rings. The lowest BCUT2D eigenvalue weighted by molar-refractivity contribution is -0.132. The van der Waals surface area contributed by atoms with Gasteiger partial charge < -0.3 is 19.4 Å². The number of hydrogen-bond acceptors (Lipinski definition) is 6. The van der Waals surface area contributed by atoms with Crippen LogP contribution in [0.4, 0.5) is 8.78 Å². The Balaban J connectivity index is 0.963. The van der Waals surface area contributed by atoms with Gasteiger partial charge in [0, 0.05) is 61.3 Å². The van der Waals surface area contributed by atoms with Crippen molar-refractivity contribution >= 4 is 5.91 Å². The van der Waals surface area contributed by atoms with Crippen LogP contribution in [0, 0.1) is 23.5 Å². The molecule has 2 saturated heterocycles. The van der Waals surface area contributed by atoms with Crippen molar-refractivity contribution in [3.05, 3.63) is 83.9 Å². The predicted octanol–water partition coefficient (Wildman–Crippen LogP) is 6.81. The molecular weight excluding hydrogens is 588 g/mol. The number of aromatic nitrogens is 4. The highest BCUT2D eigenvalue weighted by Gasteiger charge is 2.23. The number of nitrogens with one attached hydrogen (secondary N) is 1. The molecule has 1 N–H and O–H groups in total. The van der Waals surface area contributed by atoms with E-state index in [2.05, 4.69) is 15.0 Å². The summed E-state index contributed by atoms with van der Waals surface area (Å²) in [4.78, 5) is 32.0. The van der Waals surface area contributed by atoms with Crippen LogP contribution in [-0.2, 0) is 22.4 Å². The number of benzene rings is 2. The molecule has 46 heavy (non-hydrogen) atoms. The van der Waals surface area contributed by atoms with Crippen LogP contribution in [0.15, 0.2) is 60.9 Å². The number of hydrogen-bond donors (Lipinski definition) is 1. The fourth-order valence-corrected chi connectivity index (χ4v) is 6.29. The van der Waals surface area contributed by atoms with Crippen LogP contribution in [0.25, 0.3) is 22.6 Å². The van der Waals surface area contributed by atoms with Gasteiger partial charge in [-0.05, 0) is 112 Å². The van der Waals surface area contributed by atoms with Gasteiger partial charge in [-0.3, -0.25) is 4.79 Å². The first-order valence-electron chi connectivity index (χ1n) is 16.4. The number of aromatic amines is 1. The molecular formula is C36H41F2N5O3. The first-order valence-corrected chi connectivity index (χ1v) is 16.4. The molecule has 8 nitrogen and oxygen atoms in total. The number of carbonyl (C=O) groups excluding carboxylic acids is 1. The number of halogens is 2. The summed E-state index contributed by atoms with van der Waals surface area (Å²) in [6.07, 6.45) is 9.23. The third-order valence-corrected chi connectivity index (χ3v) is 9.11. The molecule has 0 bridgehead atoms. The van der Waals surface area contributed by atoms with E-state index in [0.29, 0.717) is 55.1 Å². The van der Waals surface area contributed by atoms with E-state index in [1.54, 1.807) is 30.6 Å². The molecule has 2 fully saturated rings. The molecule has 4 heterocycles. The summed E-state index contributed by atoms with van der Waals surface area (Å²) in [5.41, 5.74) is 4.13. The Kier molecular flexibility index (Phi) is 10.6. The maximum atomic E-state index is 13.6. The zero-order chi connectivity index (χ0) is 31.7. The van der Waals surface area contributed by atoms with Crippen molar-refractivity contribution in [2.45, 2.75) is 57.8 Å². The number of amides is 1. The zero-order valence-electron chi connectivity index (χ0n) is 26.1. The number of likely N-dealkylation sites (tertiary alicyclic amines) is 1. The Hall–Kier alpha value is -4.18. The van der Waals surface area contributed by atoms with E-state index in [9.17, 15) is 13.6 Å². The summed E-state index contributed by atoms with van der Waals surface area (Å²) in [5.74, 6) is 1.87. The van der Waals surface area contributed by atoms with Crippen LogP contribution in [0.2, 0.25) is 0 Å². The molecule has 0 aliphatic carbocycles. The third-order valence-electron chi connectivity index (χ3n) is 9.11. The average molecular weight is 630 g/mol. The van der Waals surface area contributed by atoms with E-state index in [4.69, 9.17) is 14.5 Å². The highest BCUT2D eigenvalue weighted by Crippen LogP contribution is 2.29. The zero-order valence-corrected chi connectivity index (χ0v) is 26.1. The lowest BCUT2D eigenvalue weighted by atomic mass is 9.91. The van der Waals surface area contributed by atoms with Gasteiger partial charge in [-0.25, -0.2) is 23.7 Å². The third kappa shape index (κ3) is 8.54. The number of nitrogens with zero attached hydrogens (tertiary/aromatic N) is 4. The molecule has 2 aliphatic heterocycles. The van der Waals surface area contributed by atoms with E-state index < -0.39 is 0 Å². The number of piperidine rings is 1. The van der Waals surface area contributed by atoms with Crippen molar-refractivity contribution in [3.8, 4) is 28.5 Å².